The summed E-state index contributed by atoms with van der Waals surface area (Å²) in [5, 5.41) is 3.91. The lowest BCUT2D eigenvalue weighted by Gasteiger charge is -2.13. The molecule has 0 radical (unpaired) electrons. The molecule has 0 aromatic carbocycles. The van der Waals surface area contributed by atoms with Gasteiger partial charge in [-0.2, -0.15) is 0 Å². The molecule has 1 heterocycles. The van der Waals surface area contributed by atoms with Crippen LogP contribution >= 0.6 is 11.6 Å². The van der Waals surface area contributed by atoms with Gasteiger partial charge in [-0.3, -0.25) is 0 Å². The summed E-state index contributed by atoms with van der Waals surface area (Å²) in [4.78, 5) is 6.73. The van der Waals surface area contributed by atoms with E-state index < -0.39 is 0 Å². The maximum absolute atomic E-state index is 8.35. The van der Waals surface area contributed by atoms with Crippen LogP contribution in [0.1, 0.15) is 24.1 Å². The molecule has 0 saturated heterocycles. The molecule has 80 valence electrons. The van der Waals surface area contributed by atoms with Crippen LogP contribution in [0.4, 0.5) is 0 Å². The molecule has 0 aliphatic rings. The Labute approximate surface area is 92.7 Å². The van der Waals surface area contributed by atoms with Gasteiger partial charge in [0.05, 0.1) is 13.2 Å². The number of pyridine rings is 1. The van der Waals surface area contributed by atoms with Crippen molar-refractivity contribution < 1.29 is 4.74 Å². The highest BCUT2D eigenvalue weighted by molar-refractivity contribution is 6.30. The lowest BCUT2D eigenvalue weighted by molar-refractivity contribution is 0.408. The maximum Gasteiger partial charge on any atom is 0.171 e. The third kappa shape index (κ3) is 2.32. The van der Waals surface area contributed by atoms with Gasteiger partial charge < -0.3 is 4.74 Å². The first-order chi connectivity index (χ1) is 7.11. The Morgan fingerprint density at radius 2 is 2.33 bits per heavy atom. The summed E-state index contributed by atoms with van der Waals surface area (Å²) in [5.41, 5.74) is 10.0. The molecule has 0 spiro atoms. The number of ether oxygens (including phenoxy) is 1. The van der Waals surface area contributed by atoms with E-state index in [2.05, 4.69) is 15.0 Å². The van der Waals surface area contributed by atoms with Gasteiger partial charge in [0.2, 0.25) is 0 Å². The average Bonchev–Trinajstić information content (AvgIpc) is 2.18. The Kier molecular flexibility index (Phi) is 3.77. The Bertz CT molecular complexity index is 415. The number of hydrogen-bond donors (Lipinski definition) is 0. The number of halogens is 1. The monoisotopic (exact) mass is 226 g/mol. The van der Waals surface area contributed by atoms with Gasteiger partial charge in [-0.05, 0) is 23.6 Å². The quantitative estimate of drug-likeness (QED) is 0.343. The van der Waals surface area contributed by atoms with Crippen LogP contribution in [-0.2, 0) is 0 Å². The van der Waals surface area contributed by atoms with Crippen molar-refractivity contribution >= 4 is 11.6 Å². The van der Waals surface area contributed by atoms with Crippen LogP contribution in [-0.4, -0.2) is 12.1 Å². The van der Waals surface area contributed by atoms with Crippen molar-refractivity contribution in [2.24, 2.45) is 5.11 Å². The van der Waals surface area contributed by atoms with Gasteiger partial charge in [-0.25, -0.2) is 4.98 Å². The van der Waals surface area contributed by atoms with Crippen molar-refractivity contribution in [2.75, 3.05) is 7.11 Å². The fraction of sp³-hybridized carbons (Fsp3) is 0.444. The smallest absolute Gasteiger partial charge is 0.171 e. The summed E-state index contributed by atoms with van der Waals surface area (Å²) < 4.78 is 5.12. The number of nitrogens with zero attached hydrogens (tertiary/aromatic N) is 4. The van der Waals surface area contributed by atoms with Gasteiger partial charge in [-0.1, -0.05) is 23.6 Å². The molecular formula is C9H11ClN4O. The van der Waals surface area contributed by atoms with E-state index >= 15 is 0 Å². The zero-order valence-electron chi connectivity index (χ0n) is 8.73. The highest BCUT2D eigenvalue weighted by Crippen LogP contribution is 2.32. The van der Waals surface area contributed by atoms with Gasteiger partial charge in [0.15, 0.2) is 10.9 Å². The average molecular weight is 227 g/mol. The first-order valence-electron chi connectivity index (χ1n) is 4.35. The number of rotatable bonds is 3. The number of hydrogen-bond acceptors (Lipinski definition) is 3. The second-order valence-corrected chi connectivity index (χ2v) is 3.40. The van der Waals surface area contributed by atoms with Crippen LogP contribution in [0.5, 0.6) is 5.75 Å². The molecule has 1 aromatic heterocycles. The van der Waals surface area contributed by atoms with E-state index in [-0.39, 0.29) is 6.04 Å². The normalized spacial score (nSPS) is 11.7. The van der Waals surface area contributed by atoms with Crippen LogP contribution in [0.2, 0.25) is 5.15 Å². The Balaban J connectivity index is 3.26. The van der Waals surface area contributed by atoms with Crippen molar-refractivity contribution in [3.05, 3.63) is 32.9 Å². The fourth-order valence-corrected chi connectivity index (χ4v) is 1.63. The van der Waals surface area contributed by atoms with Crippen LogP contribution in [0.3, 0.4) is 0 Å². The van der Waals surface area contributed by atoms with E-state index in [1.165, 1.54) is 7.11 Å². The van der Waals surface area contributed by atoms with Gasteiger partial charge in [0.1, 0.15) is 0 Å². The SMILES string of the molecule is COc1c(Cl)ncc(C(C)N=[N+]=[N-])c1C. The standard InChI is InChI=1S/C9H11ClN4O/c1-5-7(6(2)13-14-11)4-12-9(10)8(5)15-3/h4,6H,1-3H3. The molecule has 1 unspecified atom stereocenters. The van der Waals surface area contributed by atoms with Crippen LogP contribution in [0, 0.1) is 6.92 Å². The van der Waals surface area contributed by atoms with E-state index in [0.29, 0.717) is 10.9 Å². The Morgan fingerprint density at radius 1 is 1.67 bits per heavy atom. The van der Waals surface area contributed by atoms with Crippen LogP contribution < -0.4 is 4.74 Å². The lowest BCUT2D eigenvalue weighted by atomic mass is 10.1. The molecule has 5 nitrogen and oxygen atoms in total. The van der Waals surface area contributed by atoms with Crippen molar-refractivity contribution in [3.8, 4) is 5.75 Å². The van der Waals surface area contributed by atoms with Gasteiger partial charge >= 0.3 is 0 Å². The van der Waals surface area contributed by atoms with E-state index in [0.717, 1.165) is 11.1 Å². The van der Waals surface area contributed by atoms with E-state index in [9.17, 15) is 0 Å². The molecule has 0 amide bonds. The molecule has 1 aromatic rings. The molecule has 0 saturated carbocycles. The first kappa shape index (κ1) is 11.6. The Morgan fingerprint density at radius 3 is 2.87 bits per heavy atom. The number of methoxy groups -OCH3 is 1. The molecule has 0 fully saturated rings. The van der Waals surface area contributed by atoms with Gasteiger partial charge in [-0.15, -0.1) is 0 Å². The van der Waals surface area contributed by atoms with Crippen LogP contribution in [0.25, 0.3) is 10.4 Å². The van der Waals surface area contributed by atoms with E-state index in [1.54, 1.807) is 13.1 Å². The highest BCUT2D eigenvalue weighted by atomic mass is 35.5. The molecule has 0 aliphatic carbocycles. The van der Waals surface area contributed by atoms with Gasteiger partial charge in [0.25, 0.3) is 0 Å². The van der Waals surface area contributed by atoms with Crippen molar-refractivity contribution in [1.82, 2.24) is 4.98 Å². The van der Waals surface area contributed by atoms with Crippen molar-refractivity contribution in [2.45, 2.75) is 19.9 Å². The zero-order chi connectivity index (χ0) is 11.4. The summed E-state index contributed by atoms with van der Waals surface area (Å²) in [6.07, 6.45) is 1.60. The molecule has 1 atom stereocenters. The number of azide groups is 1. The minimum absolute atomic E-state index is 0.284. The molecule has 1 rings (SSSR count). The highest BCUT2D eigenvalue weighted by Gasteiger charge is 2.14. The van der Waals surface area contributed by atoms with Crippen molar-refractivity contribution in [3.63, 3.8) is 0 Å². The summed E-state index contributed by atoms with van der Waals surface area (Å²) in [7, 11) is 1.53. The molecule has 0 bridgehead atoms. The predicted molar refractivity (Wildman–Crippen MR) is 58.1 cm³/mol. The van der Waals surface area contributed by atoms with E-state index in [4.69, 9.17) is 21.9 Å². The second kappa shape index (κ2) is 4.87. The predicted octanol–water partition coefficient (Wildman–Crippen LogP) is 3.42. The first-order valence-corrected chi connectivity index (χ1v) is 4.72. The van der Waals surface area contributed by atoms with E-state index in [1.807, 2.05) is 6.92 Å². The third-order valence-corrected chi connectivity index (χ3v) is 2.43. The minimum Gasteiger partial charge on any atom is -0.493 e. The molecule has 6 heteroatoms. The number of aromatic nitrogens is 1. The molecular weight excluding hydrogens is 216 g/mol. The minimum atomic E-state index is -0.284. The largest absolute Gasteiger partial charge is 0.493 e. The maximum atomic E-state index is 8.35. The summed E-state index contributed by atoms with van der Waals surface area (Å²) >= 11 is 5.84. The third-order valence-electron chi connectivity index (χ3n) is 2.16. The topological polar surface area (TPSA) is 70.9 Å². The zero-order valence-corrected chi connectivity index (χ0v) is 9.49. The Hall–Kier alpha value is -1.45. The summed E-state index contributed by atoms with van der Waals surface area (Å²) in [6.45, 7) is 3.64. The fourth-order valence-electron chi connectivity index (χ4n) is 1.37. The van der Waals surface area contributed by atoms with Gasteiger partial charge in [0, 0.05) is 11.1 Å². The lowest BCUT2D eigenvalue weighted by Crippen LogP contribution is -1.99. The molecule has 15 heavy (non-hydrogen) atoms. The molecule has 0 aliphatic heterocycles. The summed E-state index contributed by atoms with van der Waals surface area (Å²) in [6, 6.07) is -0.284. The van der Waals surface area contributed by atoms with Crippen molar-refractivity contribution in [1.29, 1.82) is 0 Å². The van der Waals surface area contributed by atoms with Crippen LogP contribution in [0.15, 0.2) is 11.3 Å². The summed E-state index contributed by atoms with van der Waals surface area (Å²) in [5.74, 6) is 0.522. The second-order valence-electron chi connectivity index (χ2n) is 3.04. The molecule has 0 N–H and O–H groups in total.